The van der Waals surface area contributed by atoms with Gasteiger partial charge in [-0.05, 0) is 40.4 Å². The van der Waals surface area contributed by atoms with Crippen molar-refractivity contribution in [2.75, 3.05) is 13.2 Å². The third-order valence-electron chi connectivity index (χ3n) is 3.93. The highest BCUT2D eigenvalue weighted by atomic mass is 79.9. The molecular formula is C16H15BrO3. The predicted octanol–water partition coefficient (Wildman–Crippen LogP) is 3.97. The monoisotopic (exact) mass is 334 g/mol. The molecule has 1 aliphatic rings. The maximum Gasteiger partial charge on any atom is 0.209 e. The third kappa shape index (κ3) is 2.23. The number of furan rings is 1. The van der Waals surface area contributed by atoms with E-state index in [4.69, 9.17) is 9.15 Å². The Hall–Kier alpha value is -1.39. The van der Waals surface area contributed by atoms with Gasteiger partial charge in [-0.25, -0.2) is 0 Å². The largest absolute Gasteiger partial charge is 0.460 e. The average molecular weight is 335 g/mol. The molecule has 0 bridgehead atoms. The first-order valence-electron chi connectivity index (χ1n) is 6.65. The van der Waals surface area contributed by atoms with Gasteiger partial charge in [0.1, 0.15) is 0 Å². The molecule has 1 fully saturated rings. The number of Topliss-reactive ketones (excluding diaryl/α,β-unsaturated/α-hetero) is 1. The minimum absolute atomic E-state index is 0.0314. The van der Waals surface area contributed by atoms with E-state index in [1.54, 1.807) is 6.07 Å². The standard InChI is InChI=1S/C16H15BrO3/c17-13-6-9-20-14(13)15(18)16(7-10-19-11-8-16)12-4-2-1-3-5-12/h1-6,9H,7-8,10-11H2. The van der Waals surface area contributed by atoms with Gasteiger partial charge in [0.05, 0.1) is 16.2 Å². The molecule has 4 heteroatoms. The zero-order chi connectivity index (χ0) is 14.0. The van der Waals surface area contributed by atoms with Gasteiger partial charge in [0.25, 0.3) is 0 Å². The number of carbonyl (C=O) groups is 1. The number of rotatable bonds is 3. The lowest BCUT2D eigenvalue weighted by molar-refractivity contribution is 0.0406. The normalized spacial score (nSPS) is 17.9. The molecule has 0 amide bonds. The summed E-state index contributed by atoms with van der Waals surface area (Å²) in [6.07, 6.45) is 2.90. The summed E-state index contributed by atoms with van der Waals surface area (Å²) in [6, 6.07) is 11.7. The van der Waals surface area contributed by atoms with E-state index in [0.717, 1.165) is 5.56 Å². The lowest BCUT2D eigenvalue weighted by Gasteiger charge is -2.35. The first-order chi connectivity index (χ1) is 9.74. The van der Waals surface area contributed by atoms with Gasteiger partial charge in [-0.2, -0.15) is 0 Å². The summed E-state index contributed by atoms with van der Waals surface area (Å²) in [5.74, 6) is 0.430. The zero-order valence-corrected chi connectivity index (χ0v) is 12.6. The van der Waals surface area contributed by atoms with Crippen molar-refractivity contribution >= 4 is 21.7 Å². The summed E-state index contributed by atoms with van der Waals surface area (Å²) in [7, 11) is 0. The number of halogens is 1. The van der Waals surface area contributed by atoms with Crippen molar-refractivity contribution in [3.05, 3.63) is 58.5 Å². The summed E-state index contributed by atoms with van der Waals surface area (Å²) in [4.78, 5) is 13.0. The molecule has 3 rings (SSSR count). The van der Waals surface area contributed by atoms with E-state index in [1.165, 1.54) is 6.26 Å². The van der Waals surface area contributed by atoms with E-state index in [0.29, 0.717) is 36.3 Å². The van der Waals surface area contributed by atoms with Crippen LogP contribution >= 0.6 is 15.9 Å². The number of carbonyl (C=O) groups excluding carboxylic acids is 1. The van der Waals surface area contributed by atoms with Gasteiger partial charge in [0.15, 0.2) is 5.76 Å². The zero-order valence-electron chi connectivity index (χ0n) is 11.0. The third-order valence-corrected chi connectivity index (χ3v) is 4.56. The van der Waals surface area contributed by atoms with E-state index in [9.17, 15) is 4.79 Å². The average Bonchev–Trinajstić information content (AvgIpc) is 2.94. The highest BCUT2D eigenvalue weighted by Crippen LogP contribution is 2.39. The van der Waals surface area contributed by atoms with Gasteiger partial charge in [0.2, 0.25) is 5.78 Å². The molecule has 3 nitrogen and oxygen atoms in total. The molecule has 0 N–H and O–H groups in total. The first-order valence-corrected chi connectivity index (χ1v) is 7.44. The van der Waals surface area contributed by atoms with Crippen molar-refractivity contribution in [3.8, 4) is 0 Å². The van der Waals surface area contributed by atoms with E-state index in [1.807, 2.05) is 30.3 Å². The SMILES string of the molecule is O=C(c1occc1Br)C1(c2ccccc2)CCOCC1. The van der Waals surface area contributed by atoms with Crippen molar-refractivity contribution in [3.63, 3.8) is 0 Å². The molecule has 0 aliphatic carbocycles. The lowest BCUT2D eigenvalue weighted by Crippen LogP contribution is -2.41. The topological polar surface area (TPSA) is 39.4 Å². The Balaban J connectivity index is 2.07. The van der Waals surface area contributed by atoms with Crippen molar-refractivity contribution in [2.45, 2.75) is 18.3 Å². The molecule has 1 aromatic carbocycles. The summed E-state index contributed by atoms with van der Waals surface area (Å²) in [5.41, 5.74) is 0.497. The fourth-order valence-electron chi connectivity index (χ4n) is 2.80. The summed E-state index contributed by atoms with van der Waals surface area (Å²) >= 11 is 3.38. The molecule has 1 aliphatic heterocycles. The number of benzene rings is 1. The molecule has 1 saturated heterocycles. The molecule has 0 radical (unpaired) electrons. The van der Waals surface area contributed by atoms with Crippen LogP contribution in [0.4, 0.5) is 0 Å². The number of ether oxygens (including phenoxy) is 1. The molecule has 0 spiro atoms. The smallest absolute Gasteiger partial charge is 0.209 e. The highest BCUT2D eigenvalue weighted by molar-refractivity contribution is 9.10. The quantitative estimate of drug-likeness (QED) is 0.797. The van der Waals surface area contributed by atoms with Crippen molar-refractivity contribution in [2.24, 2.45) is 0 Å². The van der Waals surface area contributed by atoms with Gasteiger partial charge in [0, 0.05) is 13.2 Å². The molecular weight excluding hydrogens is 320 g/mol. The van der Waals surface area contributed by atoms with Gasteiger partial charge < -0.3 is 9.15 Å². The highest BCUT2D eigenvalue weighted by Gasteiger charge is 2.43. The maximum absolute atomic E-state index is 13.0. The Morgan fingerprint density at radius 3 is 2.40 bits per heavy atom. The number of ketones is 1. The molecule has 1 aromatic heterocycles. The predicted molar refractivity (Wildman–Crippen MR) is 78.9 cm³/mol. The van der Waals surface area contributed by atoms with Crippen LogP contribution in [0.1, 0.15) is 29.0 Å². The Morgan fingerprint density at radius 2 is 1.80 bits per heavy atom. The Labute approximate surface area is 126 Å². The lowest BCUT2D eigenvalue weighted by atomic mass is 9.70. The van der Waals surface area contributed by atoms with E-state index in [2.05, 4.69) is 15.9 Å². The molecule has 2 aromatic rings. The van der Waals surface area contributed by atoms with Crippen LogP contribution in [0.3, 0.4) is 0 Å². The van der Waals surface area contributed by atoms with E-state index >= 15 is 0 Å². The van der Waals surface area contributed by atoms with Crippen molar-refractivity contribution in [1.82, 2.24) is 0 Å². The van der Waals surface area contributed by atoms with Crippen LogP contribution in [0.25, 0.3) is 0 Å². The molecule has 0 saturated carbocycles. The van der Waals surface area contributed by atoms with Crippen LogP contribution in [0.15, 0.2) is 51.6 Å². The summed E-state index contributed by atoms with van der Waals surface area (Å²) < 4.78 is 11.6. The van der Waals surface area contributed by atoms with Crippen LogP contribution in [-0.4, -0.2) is 19.0 Å². The Morgan fingerprint density at radius 1 is 1.10 bits per heavy atom. The van der Waals surface area contributed by atoms with Crippen molar-refractivity contribution in [1.29, 1.82) is 0 Å². The van der Waals surface area contributed by atoms with Crippen LogP contribution in [0.5, 0.6) is 0 Å². The molecule has 0 atom stereocenters. The molecule has 0 unspecified atom stereocenters. The van der Waals surface area contributed by atoms with Gasteiger partial charge in [-0.1, -0.05) is 30.3 Å². The molecule has 2 heterocycles. The second kappa shape index (κ2) is 5.54. The minimum atomic E-state index is -0.542. The van der Waals surface area contributed by atoms with Gasteiger partial charge in [-0.3, -0.25) is 4.79 Å². The van der Waals surface area contributed by atoms with Crippen LogP contribution in [0, 0.1) is 0 Å². The number of hydrogen-bond donors (Lipinski definition) is 0. The Bertz CT molecular complexity index is 597. The Kier molecular flexibility index (Phi) is 3.76. The summed E-state index contributed by atoms with van der Waals surface area (Å²) in [5, 5.41) is 0. The van der Waals surface area contributed by atoms with Crippen LogP contribution in [0.2, 0.25) is 0 Å². The van der Waals surface area contributed by atoms with Crippen molar-refractivity contribution < 1.29 is 13.9 Å². The second-order valence-corrected chi connectivity index (χ2v) is 5.84. The second-order valence-electron chi connectivity index (χ2n) is 4.99. The molecule has 20 heavy (non-hydrogen) atoms. The van der Waals surface area contributed by atoms with Gasteiger partial charge >= 0.3 is 0 Å². The number of hydrogen-bond acceptors (Lipinski definition) is 3. The molecule has 104 valence electrons. The summed E-state index contributed by atoms with van der Waals surface area (Å²) in [6.45, 7) is 1.19. The van der Waals surface area contributed by atoms with Crippen LogP contribution < -0.4 is 0 Å². The van der Waals surface area contributed by atoms with Crippen LogP contribution in [-0.2, 0) is 10.2 Å². The van der Waals surface area contributed by atoms with E-state index < -0.39 is 5.41 Å². The maximum atomic E-state index is 13.0. The minimum Gasteiger partial charge on any atom is -0.460 e. The van der Waals surface area contributed by atoms with Gasteiger partial charge in [-0.15, -0.1) is 0 Å². The fraction of sp³-hybridized carbons (Fsp3) is 0.312. The fourth-order valence-corrected chi connectivity index (χ4v) is 3.18. The first kappa shape index (κ1) is 13.6. The van der Waals surface area contributed by atoms with E-state index in [-0.39, 0.29) is 5.78 Å².